The molecule has 0 amide bonds. The number of ether oxygens (including phenoxy) is 1. The Morgan fingerprint density at radius 1 is 1.26 bits per heavy atom. The molecule has 0 radical (unpaired) electrons. The normalized spacial score (nSPS) is 31.9. The fourth-order valence-electron chi connectivity index (χ4n) is 3.67. The van der Waals surface area contributed by atoms with Gasteiger partial charge < -0.3 is 15.2 Å². The van der Waals surface area contributed by atoms with Crippen LogP contribution in [0.15, 0.2) is 0 Å². The van der Waals surface area contributed by atoms with Crippen molar-refractivity contribution in [2.75, 3.05) is 19.8 Å². The highest BCUT2D eigenvalue weighted by molar-refractivity contribution is 4.89. The van der Waals surface area contributed by atoms with Crippen molar-refractivity contribution in [2.24, 2.45) is 17.8 Å². The summed E-state index contributed by atoms with van der Waals surface area (Å²) in [6, 6.07) is 0. The van der Waals surface area contributed by atoms with Crippen LogP contribution in [0.2, 0.25) is 0 Å². The molecular weight excluding hydrogens is 238 g/mol. The van der Waals surface area contributed by atoms with E-state index in [1.54, 1.807) is 0 Å². The molecule has 0 unspecified atom stereocenters. The van der Waals surface area contributed by atoms with Gasteiger partial charge in [0, 0.05) is 18.7 Å². The third-order valence-electron chi connectivity index (χ3n) is 4.70. The second-order valence-corrected chi connectivity index (χ2v) is 7.58. The Balaban J connectivity index is 1.50. The minimum atomic E-state index is -0.390. The van der Waals surface area contributed by atoms with Crippen LogP contribution in [0.4, 0.5) is 0 Å². The summed E-state index contributed by atoms with van der Waals surface area (Å²) in [6.45, 7) is 8.21. The molecule has 3 heteroatoms. The summed E-state index contributed by atoms with van der Waals surface area (Å²) >= 11 is 0. The van der Waals surface area contributed by atoms with Gasteiger partial charge in [0.2, 0.25) is 0 Å². The molecule has 2 fully saturated rings. The van der Waals surface area contributed by atoms with Crippen LogP contribution in [0.1, 0.15) is 52.9 Å². The molecule has 0 saturated heterocycles. The Bertz CT molecular complexity index is 274. The average molecular weight is 269 g/mol. The summed E-state index contributed by atoms with van der Waals surface area (Å²) in [4.78, 5) is 0. The van der Waals surface area contributed by atoms with Gasteiger partial charge in [-0.05, 0) is 64.2 Å². The number of aliphatic hydroxyl groups is 1. The van der Waals surface area contributed by atoms with Crippen LogP contribution in [0.5, 0.6) is 0 Å². The van der Waals surface area contributed by atoms with Crippen LogP contribution in [0.3, 0.4) is 0 Å². The van der Waals surface area contributed by atoms with Crippen molar-refractivity contribution in [3.8, 4) is 0 Å². The first kappa shape index (κ1) is 15.3. The van der Waals surface area contributed by atoms with Gasteiger partial charge in [0.15, 0.2) is 0 Å². The molecule has 0 aliphatic heterocycles. The molecule has 2 rings (SSSR count). The maximum absolute atomic E-state index is 9.82. The van der Waals surface area contributed by atoms with Crippen LogP contribution >= 0.6 is 0 Å². The van der Waals surface area contributed by atoms with Gasteiger partial charge in [0.05, 0.1) is 12.7 Å². The van der Waals surface area contributed by atoms with Gasteiger partial charge in [-0.25, -0.2) is 0 Å². The Hall–Kier alpha value is -0.120. The van der Waals surface area contributed by atoms with E-state index in [-0.39, 0.29) is 11.6 Å². The average Bonchev–Trinajstić information content (AvgIpc) is 2.93. The minimum absolute atomic E-state index is 0.0596. The molecule has 0 spiro atoms. The number of fused-ring (bicyclic) bond motifs is 2. The standard InChI is InChI=1S/C16H31NO2/c1-16(2,3)17-10-15(18)11-19-7-6-14-9-12-4-5-13(14)8-12/h12-15,17-18H,4-11H2,1-3H3/t12-,13-,14-,15+/m1/s1. The van der Waals surface area contributed by atoms with Crippen LogP contribution in [-0.4, -0.2) is 36.5 Å². The smallest absolute Gasteiger partial charge is 0.0897 e. The molecular formula is C16H31NO2. The Labute approximate surface area is 118 Å². The topological polar surface area (TPSA) is 41.5 Å². The van der Waals surface area contributed by atoms with Crippen LogP contribution in [0.25, 0.3) is 0 Å². The Morgan fingerprint density at radius 3 is 2.63 bits per heavy atom. The highest BCUT2D eigenvalue weighted by atomic mass is 16.5. The highest BCUT2D eigenvalue weighted by Gasteiger charge is 2.38. The van der Waals surface area contributed by atoms with Crippen molar-refractivity contribution >= 4 is 0 Å². The van der Waals surface area contributed by atoms with Crippen molar-refractivity contribution in [2.45, 2.75) is 64.5 Å². The van der Waals surface area contributed by atoms with Crippen molar-refractivity contribution in [1.29, 1.82) is 0 Å². The molecule has 2 saturated carbocycles. The molecule has 0 aromatic heterocycles. The number of aliphatic hydroxyl groups excluding tert-OH is 1. The lowest BCUT2D eigenvalue weighted by Crippen LogP contribution is -2.42. The zero-order chi connectivity index (χ0) is 13.9. The fourth-order valence-corrected chi connectivity index (χ4v) is 3.67. The third kappa shape index (κ3) is 5.05. The third-order valence-corrected chi connectivity index (χ3v) is 4.70. The Morgan fingerprint density at radius 2 is 2.05 bits per heavy atom. The number of nitrogens with one attached hydrogen (secondary N) is 1. The van der Waals surface area contributed by atoms with Gasteiger partial charge >= 0.3 is 0 Å². The Kier molecular flexibility index (Phi) is 5.27. The SMILES string of the molecule is CC(C)(C)NC[C@H](O)COCC[C@@H]1C[C@@H]2CC[C@@H]1C2. The van der Waals surface area contributed by atoms with Crippen LogP contribution in [-0.2, 0) is 4.74 Å². The van der Waals surface area contributed by atoms with Gasteiger partial charge in [0.1, 0.15) is 0 Å². The fraction of sp³-hybridized carbons (Fsp3) is 1.00. The summed E-state index contributed by atoms with van der Waals surface area (Å²) in [6.07, 6.45) is 6.64. The van der Waals surface area contributed by atoms with E-state index in [1.165, 1.54) is 32.1 Å². The molecule has 0 heterocycles. The molecule has 4 atom stereocenters. The molecule has 19 heavy (non-hydrogen) atoms. The lowest BCUT2D eigenvalue weighted by atomic mass is 9.87. The number of β-amino-alcohol motifs (C(OH)–C–C–N with tert-alkyl or cyclic N) is 1. The van der Waals surface area contributed by atoms with E-state index in [9.17, 15) is 5.11 Å². The first-order chi connectivity index (χ1) is 8.94. The lowest BCUT2D eigenvalue weighted by Gasteiger charge is -2.23. The highest BCUT2D eigenvalue weighted by Crippen LogP contribution is 2.49. The largest absolute Gasteiger partial charge is 0.389 e. The molecule has 112 valence electrons. The van der Waals surface area contributed by atoms with E-state index in [0.29, 0.717) is 13.2 Å². The molecule has 0 aromatic carbocycles. The monoisotopic (exact) mass is 269 g/mol. The second-order valence-electron chi connectivity index (χ2n) is 7.58. The molecule has 2 bridgehead atoms. The maximum atomic E-state index is 9.82. The predicted octanol–water partition coefficient (Wildman–Crippen LogP) is 2.58. The van der Waals surface area contributed by atoms with E-state index >= 15 is 0 Å². The lowest BCUT2D eigenvalue weighted by molar-refractivity contribution is 0.0265. The number of rotatable bonds is 7. The second kappa shape index (κ2) is 6.55. The van der Waals surface area contributed by atoms with Crippen LogP contribution < -0.4 is 5.32 Å². The van der Waals surface area contributed by atoms with Crippen molar-refractivity contribution in [3.63, 3.8) is 0 Å². The minimum Gasteiger partial charge on any atom is -0.389 e. The van der Waals surface area contributed by atoms with E-state index in [1.807, 2.05) is 0 Å². The van der Waals surface area contributed by atoms with Crippen molar-refractivity contribution in [1.82, 2.24) is 5.32 Å². The first-order valence-electron chi connectivity index (χ1n) is 7.95. The summed E-state index contributed by atoms with van der Waals surface area (Å²) in [7, 11) is 0. The maximum Gasteiger partial charge on any atom is 0.0897 e. The van der Waals surface area contributed by atoms with E-state index in [0.717, 1.165) is 24.4 Å². The van der Waals surface area contributed by atoms with E-state index in [4.69, 9.17) is 4.74 Å². The molecule has 3 nitrogen and oxygen atoms in total. The van der Waals surface area contributed by atoms with Gasteiger partial charge in [-0.1, -0.05) is 6.42 Å². The van der Waals surface area contributed by atoms with Crippen LogP contribution in [0, 0.1) is 17.8 Å². The first-order valence-corrected chi connectivity index (χ1v) is 7.95. The quantitative estimate of drug-likeness (QED) is 0.698. The van der Waals surface area contributed by atoms with Gasteiger partial charge in [0.25, 0.3) is 0 Å². The van der Waals surface area contributed by atoms with Crippen molar-refractivity contribution < 1.29 is 9.84 Å². The summed E-state index contributed by atoms with van der Waals surface area (Å²) in [5.74, 6) is 2.92. The van der Waals surface area contributed by atoms with Crippen molar-refractivity contribution in [3.05, 3.63) is 0 Å². The zero-order valence-corrected chi connectivity index (χ0v) is 12.8. The summed E-state index contributed by atoms with van der Waals surface area (Å²) in [5, 5.41) is 13.1. The summed E-state index contributed by atoms with van der Waals surface area (Å²) < 4.78 is 5.64. The van der Waals surface area contributed by atoms with Gasteiger partial charge in [-0.3, -0.25) is 0 Å². The molecule has 0 aromatic rings. The van der Waals surface area contributed by atoms with Gasteiger partial charge in [-0.2, -0.15) is 0 Å². The molecule has 2 aliphatic carbocycles. The predicted molar refractivity (Wildman–Crippen MR) is 78.1 cm³/mol. The molecule has 2 N–H and O–H groups in total. The van der Waals surface area contributed by atoms with E-state index < -0.39 is 0 Å². The number of hydrogen-bond acceptors (Lipinski definition) is 3. The summed E-state index contributed by atoms with van der Waals surface area (Å²) in [5.41, 5.74) is 0.0596. The van der Waals surface area contributed by atoms with E-state index in [2.05, 4.69) is 26.1 Å². The number of hydrogen-bond donors (Lipinski definition) is 2. The molecule has 2 aliphatic rings. The zero-order valence-electron chi connectivity index (χ0n) is 12.8. The van der Waals surface area contributed by atoms with Gasteiger partial charge in [-0.15, -0.1) is 0 Å².